The molecule has 6 heterocycles. The predicted octanol–water partition coefficient (Wildman–Crippen LogP) is 2.81. The predicted molar refractivity (Wildman–Crippen MR) is 123 cm³/mol. The Bertz CT molecular complexity index is 1290. The lowest BCUT2D eigenvalue weighted by atomic mass is 10.1. The van der Waals surface area contributed by atoms with E-state index < -0.39 is 0 Å². The number of allylic oxidation sites excluding steroid dienone is 6. The molecule has 0 aliphatic carbocycles. The molecule has 2 fully saturated rings. The van der Waals surface area contributed by atoms with Crippen molar-refractivity contribution in [2.24, 2.45) is 0 Å². The number of fused-ring (bicyclic) bond motifs is 4. The summed E-state index contributed by atoms with van der Waals surface area (Å²) < 4.78 is 1.84. The maximum atomic E-state index is 13.3. The Kier molecular flexibility index (Phi) is 4.23. The average Bonchev–Trinajstić information content (AvgIpc) is 3.45. The molecular formula is C25H26N6O. The highest BCUT2D eigenvalue weighted by molar-refractivity contribution is 5.99. The molecule has 2 atom stereocenters. The lowest BCUT2D eigenvalue weighted by Gasteiger charge is -2.36. The summed E-state index contributed by atoms with van der Waals surface area (Å²) in [5.41, 5.74) is 6.32. The Morgan fingerprint density at radius 3 is 2.69 bits per heavy atom. The molecule has 0 spiro atoms. The van der Waals surface area contributed by atoms with Gasteiger partial charge < -0.3 is 4.90 Å². The maximum absolute atomic E-state index is 13.3. The smallest absolute Gasteiger partial charge is 0.255 e. The van der Waals surface area contributed by atoms with Crippen LogP contribution >= 0.6 is 0 Å². The van der Waals surface area contributed by atoms with Crippen molar-refractivity contribution in [3.05, 3.63) is 83.4 Å². The van der Waals surface area contributed by atoms with Gasteiger partial charge in [-0.3, -0.25) is 19.6 Å². The van der Waals surface area contributed by atoms with Crippen molar-refractivity contribution in [3.63, 3.8) is 0 Å². The first-order valence-electron chi connectivity index (χ1n) is 11.1. The topological polar surface area (TPSA) is 57.0 Å². The van der Waals surface area contributed by atoms with Gasteiger partial charge in [-0.05, 0) is 51.6 Å². The highest BCUT2D eigenvalue weighted by atomic mass is 16.2. The third-order valence-electron chi connectivity index (χ3n) is 6.93. The molecule has 162 valence electrons. The fourth-order valence-corrected chi connectivity index (χ4v) is 5.27. The van der Waals surface area contributed by atoms with Crippen molar-refractivity contribution < 1.29 is 4.79 Å². The number of rotatable bonds is 2. The number of carbonyl (C=O) groups excluding carboxylic acids is 1. The van der Waals surface area contributed by atoms with E-state index in [1.807, 2.05) is 61.1 Å². The number of amides is 1. The third kappa shape index (κ3) is 3.04. The fraction of sp³-hybridized carbons (Fsp3) is 0.320. The van der Waals surface area contributed by atoms with Crippen molar-refractivity contribution in [2.75, 3.05) is 20.1 Å². The summed E-state index contributed by atoms with van der Waals surface area (Å²) in [5.74, 6) is -0.0676. The van der Waals surface area contributed by atoms with Gasteiger partial charge in [-0.15, -0.1) is 0 Å². The molecule has 7 heteroatoms. The normalized spacial score (nSPS) is 29.3. The molecule has 0 radical (unpaired) electrons. The minimum atomic E-state index is -0.0676. The SMILES string of the molecule is Cc1cn2nc(C3=C\C(=O)N4C=C(N5C[C@@H]6C[C@H]5CN6C)C=C\C4=C/C=C/3)cc2c(C)n1. The molecular weight excluding hydrogens is 400 g/mol. The number of likely N-dealkylation sites (N-methyl/N-ethyl adjacent to an activating group) is 1. The number of aryl methyl sites for hydroxylation is 2. The van der Waals surface area contributed by atoms with Crippen molar-refractivity contribution in [2.45, 2.75) is 32.4 Å². The summed E-state index contributed by atoms with van der Waals surface area (Å²) in [6.45, 7) is 6.04. The second kappa shape index (κ2) is 7.03. The summed E-state index contributed by atoms with van der Waals surface area (Å²) in [4.78, 5) is 24.5. The molecule has 7 nitrogen and oxygen atoms in total. The molecule has 4 aliphatic heterocycles. The first kappa shape index (κ1) is 19.3. The van der Waals surface area contributed by atoms with Crippen LogP contribution in [0.2, 0.25) is 0 Å². The minimum Gasteiger partial charge on any atom is -0.364 e. The van der Waals surface area contributed by atoms with Gasteiger partial charge in [0.1, 0.15) is 0 Å². The van der Waals surface area contributed by atoms with Gasteiger partial charge in [0, 0.05) is 48.7 Å². The molecule has 0 unspecified atom stereocenters. The first-order valence-corrected chi connectivity index (χ1v) is 11.1. The van der Waals surface area contributed by atoms with Crippen LogP contribution in [0.15, 0.2) is 66.3 Å². The quantitative estimate of drug-likeness (QED) is 0.739. The Morgan fingerprint density at radius 2 is 1.91 bits per heavy atom. The molecule has 2 bridgehead atoms. The zero-order chi connectivity index (χ0) is 22.0. The van der Waals surface area contributed by atoms with E-state index in [9.17, 15) is 4.79 Å². The maximum Gasteiger partial charge on any atom is 0.255 e. The second-order valence-electron chi connectivity index (χ2n) is 9.11. The van der Waals surface area contributed by atoms with E-state index in [4.69, 9.17) is 5.10 Å². The van der Waals surface area contributed by atoms with Crippen LogP contribution in [-0.2, 0) is 4.79 Å². The van der Waals surface area contributed by atoms with Gasteiger partial charge in [0.15, 0.2) is 0 Å². The number of hydrogen-bond donors (Lipinski definition) is 0. The van der Waals surface area contributed by atoms with Crippen LogP contribution in [0.3, 0.4) is 0 Å². The van der Waals surface area contributed by atoms with E-state index in [1.165, 1.54) is 6.42 Å². The van der Waals surface area contributed by atoms with Crippen LogP contribution in [-0.4, -0.2) is 67.4 Å². The van der Waals surface area contributed by atoms with Crippen LogP contribution < -0.4 is 0 Å². The second-order valence-corrected chi connectivity index (χ2v) is 9.11. The molecule has 6 rings (SSSR count). The van der Waals surface area contributed by atoms with E-state index in [-0.39, 0.29) is 5.91 Å². The fourth-order valence-electron chi connectivity index (χ4n) is 5.27. The Hall–Kier alpha value is -3.45. The van der Waals surface area contributed by atoms with E-state index in [2.05, 4.69) is 27.9 Å². The van der Waals surface area contributed by atoms with E-state index >= 15 is 0 Å². The van der Waals surface area contributed by atoms with Gasteiger partial charge >= 0.3 is 0 Å². The van der Waals surface area contributed by atoms with E-state index in [0.717, 1.165) is 52.7 Å². The highest BCUT2D eigenvalue weighted by Gasteiger charge is 2.42. The monoisotopic (exact) mass is 426 g/mol. The van der Waals surface area contributed by atoms with Crippen LogP contribution in [0.25, 0.3) is 11.1 Å². The van der Waals surface area contributed by atoms with Crippen molar-refractivity contribution in [3.8, 4) is 0 Å². The molecule has 2 saturated heterocycles. The molecule has 2 aromatic rings. The van der Waals surface area contributed by atoms with Gasteiger partial charge in [0.2, 0.25) is 0 Å². The Morgan fingerprint density at radius 1 is 1.06 bits per heavy atom. The number of aromatic nitrogens is 3. The van der Waals surface area contributed by atoms with Crippen molar-refractivity contribution in [1.82, 2.24) is 29.3 Å². The van der Waals surface area contributed by atoms with Gasteiger partial charge in [-0.25, -0.2) is 4.52 Å². The molecule has 0 saturated carbocycles. The van der Waals surface area contributed by atoms with E-state index in [1.54, 1.807) is 11.0 Å². The summed E-state index contributed by atoms with van der Waals surface area (Å²) in [6.07, 6.45) is 16.9. The van der Waals surface area contributed by atoms with Crippen LogP contribution in [0.5, 0.6) is 0 Å². The number of nitrogens with zero attached hydrogens (tertiary/aromatic N) is 6. The van der Waals surface area contributed by atoms with Gasteiger partial charge in [0.05, 0.1) is 34.5 Å². The van der Waals surface area contributed by atoms with Crippen LogP contribution in [0, 0.1) is 13.8 Å². The van der Waals surface area contributed by atoms with Crippen LogP contribution in [0.1, 0.15) is 23.5 Å². The van der Waals surface area contributed by atoms with Crippen LogP contribution in [0.4, 0.5) is 0 Å². The summed E-state index contributed by atoms with van der Waals surface area (Å²) >= 11 is 0. The zero-order valence-electron chi connectivity index (χ0n) is 18.6. The van der Waals surface area contributed by atoms with Gasteiger partial charge in [-0.2, -0.15) is 5.10 Å². The standard InChI is InChI=1S/C25H26N6O/c1-16-12-31-24(17(2)26-16)11-23(27-31)18-5-4-6-19-7-8-20(14-30(19)25(32)9-18)29-15-21-10-22(29)13-28(21)3/h4-9,11-12,14,21-22H,10,13,15H2,1-3H3/b5-4+,18-9+,19-6+/t21-,22-/m0/s1. The summed E-state index contributed by atoms with van der Waals surface area (Å²) in [7, 11) is 2.20. The first-order chi connectivity index (χ1) is 15.5. The molecule has 4 aliphatic rings. The van der Waals surface area contributed by atoms with Gasteiger partial charge in [0.25, 0.3) is 5.91 Å². The molecule has 1 amide bonds. The lowest BCUT2D eigenvalue weighted by molar-refractivity contribution is -0.122. The third-order valence-corrected chi connectivity index (χ3v) is 6.93. The molecule has 0 aromatic carbocycles. The largest absolute Gasteiger partial charge is 0.364 e. The van der Waals surface area contributed by atoms with Gasteiger partial charge in [-0.1, -0.05) is 12.2 Å². The highest BCUT2D eigenvalue weighted by Crippen LogP contribution is 2.34. The Labute approximate surface area is 187 Å². The zero-order valence-corrected chi connectivity index (χ0v) is 18.6. The molecule has 2 aromatic heterocycles. The number of hydrogen-bond acceptors (Lipinski definition) is 5. The number of likely N-dealkylation sites (tertiary alicyclic amines) is 2. The molecule has 32 heavy (non-hydrogen) atoms. The van der Waals surface area contributed by atoms with Crippen molar-refractivity contribution in [1.29, 1.82) is 0 Å². The minimum absolute atomic E-state index is 0.0676. The molecule has 0 N–H and O–H groups in total. The summed E-state index contributed by atoms with van der Waals surface area (Å²) in [6, 6.07) is 3.13. The van der Waals surface area contributed by atoms with Crippen molar-refractivity contribution >= 4 is 17.0 Å². The Balaban J connectivity index is 1.34. The number of carbonyl (C=O) groups is 1. The number of piperazine rings is 1. The average molecular weight is 427 g/mol. The van der Waals surface area contributed by atoms with E-state index in [0.29, 0.717) is 12.1 Å². The summed E-state index contributed by atoms with van der Waals surface area (Å²) in [5, 5.41) is 4.70. The lowest BCUT2D eigenvalue weighted by Crippen LogP contribution is -2.44.